The molecule has 2 atom stereocenters. The number of nitrogens with zero attached hydrogens (tertiary/aromatic N) is 4. The predicted molar refractivity (Wildman–Crippen MR) is 137 cm³/mol. The van der Waals surface area contributed by atoms with Crippen molar-refractivity contribution >= 4 is 34.3 Å². The summed E-state index contributed by atoms with van der Waals surface area (Å²) in [6, 6.07) is 15.2. The number of benzene rings is 2. The SMILES string of the molecule is C[C@H]1CN(CCNC(=S)N(C)C)CC[C@H]1Nc1nc2ccccc2n1Cc1ccc(F)cc1. The van der Waals surface area contributed by atoms with E-state index in [4.69, 9.17) is 17.2 Å². The Labute approximate surface area is 200 Å². The molecule has 176 valence electrons. The topological polar surface area (TPSA) is 48.4 Å². The monoisotopic (exact) mass is 468 g/mol. The number of nitrogens with one attached hydrogen (secondary N) is 2. The fraction of sp³-hybridized carbons (Fsp3) is 0.440. The van der Waals surface area contributed by atoms with Crippen LogP contribution in [0, 0.1) is 11.7 Å². The van der Waals surface area contributed by atoms with Crippen LogP contribution in [-0.4, -0.2) is 70.8 Å². The number of halogens is 1. The van der Waals surface area contributed by atoms with E-state index in [1.54, 1.807) is 0 Å². The molecule has 1 saturated heterocycles. The van der Waals surface area contributed by atoms with E-state index in [1.165, 1.54) is 12.1 Å². The number of anilines is 1. The van der Waals surface area contributed by atoms with Gasteiger partial charge in [0, 0.05) is 46.3 Å². The van der Waals surface area contributed by atoms with Gasteiger partial charge in [0.05, 0.1) is 17.6 Å². The Bertz CT molecular complexity index is 1080. The molecule has 1 aliphatic heterocycles. The van der Waals surface area contributed by atoms with Crippen LogP contribution in [0.5, 0.6) is 0 Å². The van der Waals surface area contributed by atoms with Crippen molar-refractivity contribution in [2.45, 2.75) is 25.9 Å². The van der Waals surface area contributed by atoms with Crippen molar-refractivity contribution in [1.29, 1.82) is 0 Å². The summed E-state index contributed by atoms with van der Waals surface area (Å²) in [5.41, 5.74) is 3.10. The van der Waals surface area contributed by atoms with Gasteiger partial charge in [0.1, 0.15) is 5.82 Å². The largest absolute Gasteiger partial charge is 0.361 e. The molecule has 0 bridgehead atoms. The number of thiocarbonyl (C=S) groups is 1. The Kier molecular flexibility index (Phi) is 7.45. The number of hydrogen-bond acceptors (Lipinski definition) is 4. The molecule has 1 aliphatic rings. The third kappa shape index (κ3) is 5.81. The van der Waals surface area contributed by atoms with Gasteiger partial charge < -0.3 is 25.0 Å². The van der Waals surface area contributed by atoms with Crippen LogP contribution in [0.15, 0.2) is 48.5 Å². The highest BCUT2D eigenvalue weighted by Gasteiger charge is 2.27. The fourth-order valence-corrected chi connectivity index (χ4v) is 4.51. The first-order valence-electron chi connectivity index (χ1n) is 11.5. The summed E-state index contributed by atoms with van der Waals surface area (Å²) in [7, 11) is 3.91. The quantitative estimate of drug-likeness (QED) is 0.515. The molecule has 2 N–H and O–H groups in total. The summed E-state index contributed by atoms with van der Waals surface area (Å²) in [6.07, 6.45) is 1.05. The standard InChI is InChI=1S/C25H33FN6S/c1-18-16-31(15-13-27-25(33)30(2)3)14-12-21(18)28-24-29-22-6-4-5-7-23(22)32(24)17-19-8-10-20(26)11-9-19/h4-11,18,21H,12-17H2,1-3H3,(H,27,33)(H,28,29)/t18-,21+/m0/s1. The van der Waals surface area contributed by atoms with Crippen LogP contribution in [0.3, 0.4) is 0 Å². The van der Waals surface area contributed by atoms with Crippen LogP contribution < -0.4 is 10.6 Å². The summed E-state index contributed by atoms with van der Waals surface area (Å²) >= 11 is 5.31. The van der Waals surface area contributed by atoms with E-state index in [0.717, 1.165) is 60.3 Å². The van der Waals surface area contributed by atoms with E-state index in [-0.39, 0.29) is 5.82 Å². The van der Waals surface area contributed by atoms with Crippen molar-refractivity contribution < 1.29 is 4.39 Å². The van der Waals surface area contributed by atoms with Gasteiger partial charge >= 0.3 is 0 Å². The van der Waals surface area contributed by atoms with E-state index in [2.05, 4.69) is 33.1 Å². The van der Waals surface area contributed by atoms with E-state index >= 15 is 0 Å². The van der Waals surface area contributed by atoms with Crippen molar-refractivity contribution in [2.24, 2.45) is 5.92 Å². The number of para-hydroxylation sites is 2. The van der Waals surface area contributed by atoms with Gasteiger partial charge in [-0.05, 0) is 54.4 Å². The molecule has 4 rings (SSSR count). The Morgan fingerprint density at radius 2 is 1.94 bits per heavy atom. The van der Waals surface area contributed by atoms with Gasteiger partial charge in [-0.3, -0.25) is 0 Å². The molecule has 0 spiro atoms. The number of likely N-dealkylation sites (tertiary alicyclic amines) is 1. The minimum atomic E-state index is -0.216. The number of imidazole rings is 1. The second kappa shape index (κ2) is 10.5. The van der Waals surface area contributed by atoms with Crippen molar-refractivity contribution in [1.82, 2.24) is 24.7 Å². The van der Waals surface area contributed by atoms with E-state index in [0.29, 0.717) is 18.5 Å². The van der Waals surface area contributed by atoms with Crippen molar-refractivity contribution in [2.75, 3.05) is 45.6 Å². The smallest absolute Gasteiger partial charge is 0.204 e. The van der Waals surface area contributed by atoms with E-state index in [1.807, 2.05) is 49.3 Å². The second-order valence-electron chi connectivity index (χ2n) is 9.08. The summed E-state index contributed by atoms with van der Waals surface area (Å²) in [5, 5.41) is 7.82. The Balaban J connectivity index is 1.42. The molecule has 1 aromatic heterocycles. The van der Waals surface area contributed by atoms with Crippen molar-refractivity contribution in [3.8, 4) is 0 Å². The van der Waals surface area contributed by atoms with Gasteiger partial charge in [0.15, 0.2) is 5.11 Å². The average Bonchev–Trinajstić information content (AvgIpc) is 3.14. The zero-order chi connectivity index (χ0) is 23.4. The van der Waals surface area contributed by atoms with Crippen molar-refractivity contribution in [3.05, 3.63) is 59.9 Å². The first-order valence-corrected chi connectivity index (χ1v) is 12.0. The van der Waals surface area contributed by atoms with Crippen LogP contribution in [0.25, 0.3) is 11.0 Å². The van der Waals surface area contributed by atoms with Crippen LogP contribution >= 0.6 is 12.2 Å². The summed E-state index contributed by atoms with van der Waals surface area (Å²) in [6.45, 7) is 6.86. The fourth-order valence-electron chi connectivity index (χ4n) is 4.41. The van der Waals surface area contributed by atoms with Gasteiger partial charge in [-0.25, -0.2) is 9.37 Å². The van der Waals surface area contributed by atoms with Gasteiger partial charge in [0.2, 0.25) is 5.95 Å². The normalized spacial score (nSPS) is 18.9. The van der Waals surface area contributed by atoms with E-state index < -0.39 is 0 Å². The minimum absolute atomic E-state index is 0.216. The lowest BCUT2D eigenvalue weighted by molar-refractivity contribution is 0.174. The van der Waals surface area contributed by atoms with Gasteiger partial charge in [-0.15, -0.1) is 0 Å². The number of piperidine rings is 1. The van der Waals surface area contributed by atoms with Gasteiger partial charge in [-0.1, -0.05) is 31.2 Å². The Morgan fingerprint density at radius 3 is 2.67 bits per heavy atom. The highest BCUT2D eigenvalue weighted by atomic mass is 32.1. The maximum Gasteiger partial charge on any atom is 0.204 e. The van der Waals surface area contributed by atoms with Gasteiger partial charge in [0.25, 0.3) is 0 Å². The molecule has 3 aromatic rings. The molecule has 6 nitrogen and oxygen atoms in total. The van der Waals surface area contributed by atoms with Crippen LogP contribution in [0.4, 0.5) is 10.3 Å². The summed E-state index contributed by atoms with van der Waals surface area (Å²) in [4.78, 5) is 9.31. The molecule has 2 aromatic carbocycles. The molecule has 0 amide bonds. The van der Waals surface area contributed by atoms with Crippen LogP contribution in [-0.2, 0) is 6.54 Å². The molecular weight excluding hydrogens is 435 g/mol. The highest BCUT2D eigenvalue weighted by Crippen LogP contribution is 2.25. The second-order valence-corrected chi connectivity index (χ2v) is 9.47. The zero-order valence-electron chi connectivity index (χ0n) is 19.6. The third-order valence-electron chi connectivity index (χ3n) is 6.32. The lowest BCUT2D eigenvalue weighted by Crippen LogP contribution is -2.48. The lowest BCUT2D eigenvalue weighted by atomic mass is 9.94. The number of hydrogen-bond donors (Lipinski definition) is 2. The highest BCUT2D eigenvalue weighted by molar-refractivity contribution is 7.80. The molecule has 2 heterocycles. The summed E-state index contributed by atoms with van der Waals surface area (Å²) in [5.74, 6) is 1.15. The first kappa shape index (κ1) is 23.4. The molecule has 1 fully saturated rings. The third-order valence-corrected chi connectivity index (χ3v) is 6.83. The Morgan fingerprint density at radius 1 is 1.18 bits per heavy atom. The van der Waals surface area contributed by atoms with Crippen molar-refractivity contribution in [3.63, 3.8) is 0 Å². The van der Waals surface area contributed by atoms with E-state index in [9.17, 15) is 4.39 Å². The molecule has 0 aliphatic carbocycles. The van der Waals surface area contributed by atoms with Gasteiger partial charge in [-0.2, -0.15) is 0 Å². The number of aromatic nitrogens is 2. The first-order chi connectivity index (χ1) is 15.9. The summed E-state index contributed by atoms with van der Waals surface area (Å²) < 4.78 is 15.6. The minimum Gasteiger partial charge on any atom is -0.361 e. The lowest BCUT2D eigenvalue weighted by Gasteiger charge is -2.37. The predicted octanol–water partition coefficient (Wildman–Crippen LogP) is 3.78. The molecule has 33 heavy (non-hydrogen) atoms. The molecule has 8 heteroatoms. The molecular formula is C25H33FN6S. The maximum atomic E-state index is 13.4. The number of rotatable bonds is 7. The average molecular weight is 469 g/mol. The number of fused-ring (bicyclic) bond motifs is 1. The molecule has 0 saturated carbocycles. The maximum absolute atomic E-state index is 13.4. The van der Waals surface area contributed by atoms with Crippen LogP contribution in [0.1, 0.15) is 18.9 Å². The molecule has 0 radical (unpaired) electrons. The zero-order valence-corrected chi connectivity index (χ0v) is 20.4. The van der Waals surface area contributed by atoms with Crippen LogP contribution in [0.2, 0.25) is 0 Å². The Hall–Kier alpha value is -2.71. The molecule has 0 unspecified atom stereocenters.